The second kappa shape index (κ2) is 4.83. The predicted octanol–water partition coefficient (Wildman–Crippen LogP) is 3.06. The van der Waals surface area contributed by atoms with Gasteiger partial charge in [0, 0.05) is 24.2 Å². The molecule has 0 saturated heterocycles. The van der Waals surface area contributed by atoms with E-state index in [4.69, 9.17) is 16.7 Å². The Hall–Kier alpha value is -1.59. The lowest BCUT2D eigenvalue weighted by molar-refractivity contribution is 0.0697. The highest BCUT2D eigenvalue weighted by atomic mass is 35.5. The molecule has 19 heavy (non-hydrogen) atoms. The first kappa shape index (κ1) is 12.4. The molecular weight excluding hydrogens is 284 g/mol. The molecule has 0 aromatic carbocycles. The van der Waals surface area contributed by atoms with Gasteiger partial charge in [-0.15, -0.1) is 11.3 Å². The van der Waals surface area contributed by atoms with E-state index in [0.717, 1.165) is 19.5 Å². The van der Waals surface area contributed by atoms with Crippen LogP contribution in [-0.2, 0) is 13.0 Å². The predicted molar refractivity (Wildman–Crippen MR) is 75.3 cm³/mol. The van der Waals surface area contributed by atoms with Crippen LogP contribution in [0.25, 0.3) is 0 Å². The van der Waals surface area contributed by atoms with Crippen LogP contribution in [0.2, 0.25) is 5.02 Å². The second-order valence-corrected chi connectivity index (χ2v) is 5.78. The van der Waals surface area contributed by atoms with E-state index in [9.17, 15) is 4.79 Å². The van der Waals surface area contributed by atoms with Gasteiger partial charge in [0.05, 0.1) is 10.6 Å². The molecule has 0 spiro atoms. The molecule has 0 amide bonds. The summed E-state index contributed by atoms with van der Waals surface area (Å²) in [5, 5.41) is 11.3. The number of thiophene rings is 1. The van der Waals surface area contributed by atoms with Gasteiger partial charge in [-0.2, -0.15) is 0 Å². The fraction of sp³-hybridized carbons (Fsp3) is 0.231. The first-order chi connectivity index (χ1) is 9.15. The first-order valence-corrected chi connectivity index (χ1v) is 7.10. The van der Waals surface area contributed by atoms with E-state index in [2.05, 4.69) is 21.3 Å². The van der Waals surface area contributed by atoms with Gasteiger partial charge in [0.2, 0.25) is 0 Å². The number of pyridine rings is 1. The zero-order valence-corrected chi connectivity index (χ0v) is 11.5. The summed E-state index contributed by atoms with van der Waals surface area (Å²) in [5.41, 5.74) is 1.40. The number of anilines is 1. The minimum absolute atomic E-state index is 0.0998. The topological polar surface area (TPSA) is 53.4 Å². The minimum atomic E-state index is -1.03. The maximum absolute atomic E-state index is 11.1. The van der Waals surface area contributed by atoms with E-state index < -0.39 is 5.97 Å². The van der Waals surface area contributed by atoms with E-state index in [-0.39, 0.29) is 10.6 Å². The lowest BCUT2D eigenvalue weighted by atomic mass is 10.1. The number of aromatic nitrogens is 1. The highest BCUT2D eigenvalue weighted by Crippen LogP contribution is 2.28. The van der Waals surface area contributed by atoms with Crippen LogP contribution in [0.15, 0.2) is 23.7 Å². The van der Waals surface area contributed by atoms with Crippen molar-refractivity contribution >= 4 is 34.7 Å². The third kappa shape index (κ3) is 2.31. The number of rotatable bonds is 2. The van der Waals surface area contributed by atoms with Crippen LogP contribution in [0, 0.1) is 0 Å². The Balaban J connectivity index is 1.92. The number of hydrogen-bond donors (Lipinski definition) is 1. The zero-order chi connectivity index (χ0) is 13.4. The Morgan fingerprint density at radius 3 is 3.16 bits per heavy atom. The standard InChI is InChI=1S/C13H11ClN2O2S/c14-10-6-15-12(5-9(10)13(17)18)16-3-1-11-8(7-16)2-4-19-11/h2,4-6H,1,3,7H2,(H,17,18). The molecule has 3 heterocycles. The summed E-state index contributed by atoms with van der Waals surface area (Å²) in [5.74, 6) is -0.361. The summed E-state index contributed by atoms with van der Waals surface area (Å²) >= 11 is 7.60. The monoisotopic (exact) mass is 294 g/mol. The number of carboxylic acids is 1. The molecule has 0 unspecified atom stereocenters. The molecule has 98 valence electrons. The van der Waals surface area contributed by atoms with Gasteiger partial charge in [-0.1, -0.05) is 11.6 Å². The van der Waals surface area contributed by atoms with Crippen LogP contribution in [0.3, 0.4) is 0 Å². The lowest BCUT2D eigenvalue weighted by Crippen LogP contribution is -2.30. The third-order valence-corrected chi connectivity index (χ3v) is 4.53. The summed E-state index contributed by atoms with van der Waals surface area (Å²) < 4.78 is 0. The number of nitrogens with zero attached hydrogens (tertiary/aromatic N) is 2. The number of carbonyl (C=O) groups is 1. The summed E-state index contributed by atoms with van der Waals surface area (Å²) in [4.78, 5) is 18.8. The molecule has 1 aliphatic heterocycles. The molecular formula is C13H11ClN2O2S. The Morgan fingerprint density at radius 1 is 1.53 bits per heavy atom. The highest BCUT2D eigenvalue weighted by molar-refractivity contribution is 7.10. The van der Waals surface area contributed by atoms with Crippen LogP contribution in [0.5, 0.6) is 0 Å². The van der Waals surface area contributed by atoms with Crippen molar-refractivity contribution in [3.8, 4) is 0 Å². The molecule has 1 aliphatic rings. The van der Waals surface area contributed by atoms with Gasteiger partial charge in [-0.3, -0.25) is 0 Å². The quantitative estimate of drug-likeness (QED) is 0.925. The van der Waals surface area contributed by atoms with Gasteiger partial charge in [-0.05, 0) is 29.5 Å². The zero-order valence-electron chi connectivity index (χ0n) is 9.97. The van der Waals surface area contributed by atoms with Crippen molar-refractivity contribution in [1.82, 2.24) is 4.98 Å². The molecule has 1 N–H and O–H groups in total. The molecule has 4 nitrogen and oxygen atoms in total. The lowest BCUT2D eigenvalue weighted by Gasteiger charge is -2.28. The molecule has 0 saturated carbocycles. The van der Waals surface area contributed by atoms with Gasteiger partial charge in [-0.25, -0.2) is 9.78 Å². The summed E-state index contributed by atoms with van der Waals surface area (Å²) in [7, 11) is 0. The minimum Gasteiger partial charge on any atom is -0.478 e. The Bertz CT molecular complexity index is 641. The van der Waals surface area contributed by atoms with E-state index in [1.165, 1.54) is 16.6 Å². The maximum Gasteiger partial charge on any atom is 0.337 e. The SMILES string of the molecule is O=C(O)c1cc(N2CCc3sccc3C2)ncc1Cl. The van der Waals surface area contributed by atoms with Gasteiger partial charge < -0.3 is 10.0 Å². The summed E-state index contributed by atoms with van der Waals surface area (Å²) in [6.07, 6.45) is 2.38. The van der Waals surface area contributed by atoms with Crippen LogP contribution < -0.4 is 4.90 Å². The van der Waals surface area contributed by atoms with Gasteiger partial charge >= 0.3 is 5.97 Å². The maximum atomic E-state index is 11.1. The van der Waals surface area contributed by atoms with Crippen LogP contribution >= 0.6 is 22.9 Å². The normalized spacial score (nSPS) is 14.3. The van der Waals surface area contributed by atoms with Gasteiger partial charge in [0.1, 0.15) is 5.82 Å². The number of halogens is 1. The summed E-state index contributed by atoms with van der Waals surface area (Å²) in [6, 6.07) is 3.65. The van der Waals surface area contributed by atoms with Crippen molar-refractivity contribution in [1.29, 1.82) is 0 Å². The molecule has 0 radical (unpaired) electrons. The first-order valence-electron chi connectivity index (χ1n) is 5.84. The van der Waals surface area contributed by atoms with E-state index in [1.807, 2.05) is 0 Å². The molecule has 2 aromatic rings. The van der Waals surface area contributed by atoms with Crippen molar-refractivity contribution in [2.75, 3.05) is 11.4 Å². The largest absolute Gasteiger partial charge is 0.478 e. The average Bonchev–Trinajstić information content (AvgIpc) is 2.86. The second-order valence-electron chi connectivity index (χ2n) is 4.37. The Morgan fingerprint density at radius 2 is 2.37 bits per heavy atom. The number of aromatic carboxylic acids is 1. The molecule has 0 bridgehead atoms. The smallest absolute Gasteiger partial charge is 0.337 e. The van der Waals surface area contributed by atoms with Crippen LogP contribution in [0.4, 0.5) is 5.82 Å². The van der Waals surface area contributed by atoms with Crippen molar-refractivity contribution < 1.29 is 9.90 Å². The summed E-state index contributed by atoms with van der Waals surface area (Å²) in [6.45, 7) is 1.62. The van der Waals surface area contributed by atoms with Crippen LogP contribution in [-0.4, -0.2) is 22.6 Å². The van der Waals surface area contributed by atoms with Crippen molar-refractivity contribution in [2.24, 2.45) is 0 Å². The van der Waals surface area contributed by atoms with Crippen molar-refractivity contribution in [3.63, 3.8) is 0 Å². The number of hydrogen-bond acceptors (Lipinski definition) is 4. The van der Waals surface area contributed by atoms with Gasteiger partial charge in [0.15, 0.2) is 0 Å². The van der Waals surface area contributed by atoms with Gasteiger partial charge in [0.25, 0.3) is 0 Å². The molecule has 0 atom stereocenters. The molecule has 2 aromatic heterocycles. The van der Waals surface area contributed by atoms with Crippen molar-refractivity contribution in [3.05, 3.63) is 44.7 Å². The molecule has 0 aliphatic carbocycles. The molecule has 0 fully saturated rings. The number of carboxylic acid groups (broad SMARTS) is 1. The molecule has 3 rings (SSSR count). The highest BCUT2D eigenvalue weighted by Gasteiger charge is 2.20. The Kier molecular flexibility index (Phi) is 3.16. The van der Waals surface area contributed by atoms with Crippen molar-refractivity contribution in [2.45, 2.75) is 13.0 Å². The van der Waals surface area contributed by atoms with Crippen LogP contribution in [0.1, 0.15) is 20.8 Å². The molecule has 6 heteroatoms. The Labute approximate surface area is 119 Å². The van der Waals surface area contributed by atoms with E-state index in [1.54, 1.807) is 17.4 Å². The average molecular weight is 295 g/mol. The fourth-order valence-corrected chi connectivity index (χ4v) is 3.28. The van der Waals surface area contributed by atoms with E-state index in [0.29, 0.717) is 5.82 Å². The van der Waals surface area contributed by atoms with E-state index >= 15 is 0 Å². The third-order valence-electron chi connectivity index (χ3n) is 3.20. The fourth-order valence-electron chi connectivity index (χ4n) is 2.21. The number of fused-ring (bicyclic) bond motifs is 1.